The average molecular weight is 399 g/mol. The van der Waals surface area contributed by atoms with E-state index in [1.54, 1.807) is 7.11 Å². The zero-order valence-corrected chi connectivity index (χ0v) is 17.6. The molecule has 5 heteroatoms. The molecule has 1 aliphatic rings. The highest BCUT2D eigenvalue weighted by molar-refractivity contribution is 5.79. The number of likely N-dealkylation sites (tertiary alicyclic amines) is 1. The number of benzene rings is 2. The van der Waals surface area contributed by atoms with Crippen LogP contribution in [-0.2, 0) is 11.3 Å². The van der Waals surface area contributed by atoms with Gasteiger partial charge in [0, 0.05) is 12.5 Å². The first kappa shape index (κ1) is 21.3. The number of nitrogens with zero attached hydrogens (tertiary/aromatic N) is 1. The Labute approximate surface area is 173 Å². The number of halogens is 1. The van der Waals surface area contributed by atoms with Crippen molar-refractivity contribution >= 4 is 5.91 Å². The number of piperidine rings is 1. The summed E-state index contributed by atoms with van der Waals surface area (Å²) in [6.45, 7) is 6.68. The van der Waals surface area contributed by atoms with E-state index in [-0.39, 0.29) is 23.7 Å². The summed E-state index contributed by atoms with van der Waals surface area (Å²) in [5.41, 5.74) is 3.30. The normalized spacial score (nSPS) is 16.4. The van der Waals surface area contributed by atoms with Gasteiger partial charge in [-0.25, -0.2) is 4.39 Å². The van der Waals surface area contributed by atoms with Gasteiger partial charge >= 0.3 is 0 Å². The lowest BCUT2D eigenvalue weighted by Gasteiger charge is -2.32. The first-order valence-electron chi connectivity index (χ1n) is 10.4. The third-order valence-corrected chi connectivity index (χ3v) is 5.82. The Kier molecular flexibility index (Phi) is 7.26. The van der Waals surface area contributed by atoms with E-state index in [0.29, 0.717) is 0 Å². The van der Waals surface area contributed by atoms with E-state index in [1.807, 2.05) is 31.2 Å². The Balaban J connectivity index is 1.53. The van der Waals surface area contributed by atoms with E-state index in [9.17, 15) is 9.18 Å². The Morgan fingerprint density at radius 2 is 1.90 bits per heavy atom. The number of carbonyl (C=O) groups excluding carboxylic acids is 1. The summed E-state index contributed by atoms with van der Waals surface area (Å²) in [5, 5.41) is 3.25. The van der Waals surface area contributed by atoms with Crippen LogP contribution in [0, 0.1) is 18.7 Å². The quantitative estimate of drug-likeness (QED) is 0.740. The molecule has 1 fully saturated rings. The summed E-state index contributed by atoms with van der Waals surface area (Å²) in [6.07, 6.45) is 2.55. The zero-order valence-electron chi connectivity index (χ0n) is 17.6. The third-order valence-electron chi connectivity index (χ3n) is 5.82. The lowest BCUT2D eigenvalue weighted by atomic mass is 9.94. The number of carbonyl (C=O) groups is 1. The van der Waals surface area contributed by atoms with Gasteiger partial charge < -0.3 is 10.1 Å². The van der Waals surface area contributed by atoms with Gasteiger partial charge in [0.25, 0.3) is 0 Å². The predicted octanol–water partition coefficient (Wildman–Crippen LogP) is 4.62. The molecular formula is C24H31FN2O2. The molecule has 0 unspecified atom stereocenters. The van der Waals surface area contributed by atoms with Crippen molar-refractivity contribution < 1.29 is 13.9 Å². The predicted molar refractivity (Wildman–Crippen MR) is 113 cm³/mol. The van der Waals surface area contributed by atoms with Crippen molar-refractivity contribution in [1.29, 1.82) is 0 Å². The molecule has 1 saturated heterocycles. The van der Waals surface area contributed by atoms with Gasteiger partial charge in [0.2, 0.25) is 5.91 Å². The summed E-state index contributed by atoms with van der Waals surface area (Å²) in [5.74, 6) is 0.852. The van der Waals surface area contributed by atoms with Crippen molar-refractivity contribution in [2.24, 2.45) is 5.92 Å². The minimum absolute atomic E-state index is 0.0179. The molecule has 29 heavy (non-hydrogen) atoms. The molecule has 3 rings (SSSR count). The molecule has 0 aliphatic carbocycles. The van der Waals surface area contributed by atoms with Crippen molar-refractivity contribution in [2.75, 3.05) is 20.2 Å². The van der Waals surface area contributed by atoms with Gasteiger partial charge in [-0.1, -0.05) is 31.2 Å². The average Bonchev–Trinajstić information content (AvgIpc) is 2.74. The molecule has 2 aromatic carbocycles. The van der Waals surface area contributed by atoms with Crippen molar-refractivity contribution in [2.45, 2.75) is 45.7 Å². The Morgan fingerprint density at radius 1 is 1.21 bits per heavy atom. The second-order valence-corrected chi connectivity index (χ2v) is 7.88. The Hall–Kier alpha value is -2.40. The maximum atomic E-state index is 13.1. The molecule has 0 spiro atoms. The van der Waals surface area contributed by atoms with Crippen LogP contribution in [0.2, 0.25) is 0 Å². The van der Waals surface area contributed by atoms with Crippen LogP contribution in [0.25, 0.3) is 0 Å². The number of amides is 1. The van der Waals surface area contributed by atoms with Crippen LogP contribution in [0.4, 0.5) is 4.39 Å². The lowest BCUT2D eigenvalue weighted by Crippen LogP contribution is -2.41. The summed E-state index contributed by atoms with van der Waals surface area (Å²) in [4.78, 5) is 15.2. The zero-order chi connectivity index (χ0) is 20.8. The van der Waals surface area contributed by atoms with E-state index in [4.69, 9.17) is 4.74 Å². The van der Waals surface area contributed by atoms with Gasteiger partial charge in [0.1, 0.15) is 11.6 Å². The van der Waals surface area contributed by atoms with E-state index in [1.165, 1.54) is 12.1 Å². The lowest BCUT2D eigenvalue weighted by molar-refractivity contribution is -0.127. The first-order chi connectivity index (χ1) is 14.0. The fourth-order valence-corrected chi connectivity index (χ4v) is 4.03. The fourth-order valence-electron chi connectivity index (χ4n) is 4.03. The molecule has 1 N–H and O–H groups in total. The molecule has 1 amide bonds. The van der Waals surface area contributed by atoms with Crippen molar-refractivity contribution in [3.8, 4) is 5.75 Å². The molecule has 156 valence electrons. The summed E-state index contributed by atoms with van der Waals surface area (Å²) in [6, 6.07) is 12.8. The highest BCUT2D eigenvalue weighted by Crippen LogP contribution is 2.26. The van der Waals surface area contributed by atoms with Crippen molar-refractivity contribution in [3.05, 3.63) is 65.0 Å². The molecule has 1 heterocycles. The summed E-state index contributed by atoms with van der Waals surface area (Å²) in [7, 11) is 1.67. The topological polar surface area (TPSA) is 41.6 Å². The minimum Gasteiger partial charge on any atom is -0.496 e. The molecule has 0 aromatic heterocycles. The maximum Gasteiger partial charge on any atom is 0.223 e. The van der Waals surface area contributed by atoms with Crippen LogP contribution in [0.1, 0.15) is 48.9 Å². The Morgan fingerprint density at radius 3 is 2.48 bits per heavy atom. The number of aryl methyl sites for hydroxylation is 1. The summed E-state index contributed by atoms with van der Waals surface area (Å²) < 4.78 is 18.4. The highest BCUT2D eigenvalue weighted by atomic mass is 19.1. The Bertz CT molecular complexity index is 814. The van der Waals surface area contributed by atoms with Gasteiger partial charge in [0.05, 0.1) is 13.2 Å². The van der Waals surface area contributed by atoms with Gasteiger partial charge in [-0.3, -0.25) is 9.69 Å². The van der Waals surface area contributed by atoms with Crippen LogP contribution < -0.4 is 10.1 Å². The SMILES string of the molecule is CC[C@@H](NC(=O)C1CCN(Cc2ccc(F)cc2)CC1)c1ccc(OC)c(C)c1. The van der Waals surface area contributed by atoms with Crippen LogP contribution in [0.5, 0.6) is 5.75 Å². The van der Waals surface area contributed by atoms with E-state index >= 15 is 0 Å². The molecule has 0 radical (unpaired) electrons. The van der Waals surface area contributed by atoms with Crippen molar-refractivity contribution in [1.82, 2.24) is 10.2 Å². The highest BCUT2D eigenvalue weighted by Gasteiger charge is 2.26. The van der Waals surface area contributed by atoms with Crippen LogP contribution in [-0.4, -0.2) is 31.0 Å². The first-order valence-corrected chi connectivity index (χ1v) is 10.4. The second-order valence-electron chi connectivity index (χ2n) is 7.88. The molecule has 1 atom stereocenters. The summed E-state index contributed by atoms with van der Waals surface area (Å²) >= 11 is 0. The van der Waals surface area contributed by atoms with Gasteiger partial charge in [-0.05, 0) is 74.2 Å². The number of ether oxygens (including phenoxy) is 1. The maximum absolute atomic E-state index is 13.1. The molecule has 2 aromatic rings. The smallest absolute Gasteiger partial charge is 0.223 e. The van der Waals surface area contributed by atoms with Gasteiger partial charge in [-0.2, -0.15) is 0 Å². The number of methoxy groups -OCH3 is 1. The van der Waals surface area contributed by atoms with E-state index in [0.717, 1.165) is 61.3 Å². The number of hydrogen-bond donors (Lipinski definition) is 1. The van der Waals surface area contributed by atoms with Gasteiger partial charge in [0.15, 0.2) is 0 Å². The molecule has 1 aliphatic heterocycles. The second kappa shape index (κ2) is 9.88. The van der Waals surface area contributed by atoms with Gasteiger partial charge in [-0.15, -0.1) is 0 Å². The molecule has 4 nitrogen and oxygen atoms in total. The molecule has 0 saturated carbocycles. The standard InChI is InChI=1S/C24H31FN2O2/c1-4-22(20-7-10-23(29-3)17(2)15-20)26-24(28)19-11-13-27(14-12-19)16-18-5-8-21(25)9-6-18/h5-10,15,19,22H,4,11-14,16H2,1-3H3,(H,26,28)/t22-/m1/s1. The molecular weight excluding hydrogens is 367 g/mol. The largest absolute Gasteiger partial charge is 0.496 e. The monoisotopic (exact) mass is 398 g/mol. The third kappa shape index (κ3) is 5.57. The fraction of sp³-hybridized carbons (Fsp3) is 0.458. The minimum atomic E-state index is -0.207. The molecule has 0 bridgehead atoms. The van der Waals surface area contributed by atoms with Crippen LogP contribution in [0.15, 0.2) is 42.5 Å². The van der Waals surface area contributed by atoms with Crippen LogP contribution in [0.3, 0.4) is 0 Å². The number of nitrogens with one attached hydrogen (secondary N) is 1. The number of rotatable bonds is 7. The van der Waals surface area contributed by atoms with Crippen molar-refractivity contribution in [3.63, 3.8) is 0 Å². The van der Waals surface area contributed by atoms with E-state index in [2.05, 4.69) is 23.2 Å². The van der Waals surface area contributed by atoms with Crippen LogP contribution >= 0.6 is 0 Å². The van der Waals surface area contributed by atoms with E-state index < -0.39 is 0 Å². The number of hydrogen-bond acceptors (Lipinski definition) is 3.